The number of piperidine rings is 1. The molecule has 0 unspecified atom stereocenters. The minimum atomic E-state index is -0.495. The fraction of sp³-hybridized carbons (Fsp3) is 0.421. The van der Waals surface area contributed by atoms with Gasteiger partial charge in [0.05, 0.1) is 25.6 Å². The molecule has 27 heavy (non-hydrogen) atoms. The molecule has 1 aromatic carbocycles. The van der Waals surface area contributed by atoms with Gasteiger partial charge in [0.1, 0.15) is 11.5 Å². The number of hydrogen-bond donors (Lipinski definition) is 1. The van der Waals surface area contributed by atoms with Gasteiger partial charge >= 0.3 is 0 Å². The SMILES string of the molecule is Cc1ccc(Cl)cc1Nc1cnc(C(=O)N2CCC3(CC2)OCCO3)cn1. The standard InChI is InChI=1S/C19H21ClN4O3/c1-13-2-3-14(20)10-15(13)23-17-12-21-16(11-22-17)18(25)24-6-4-19(5-7-24)26-8-9-27-19/h2-3,10-12H,4-9H2,1H3,(H,22,23). The van der Waals surface area contributed by atoms with E-state index in [4.69, 9.17) is 21.1 Å². The monoisotopic (exact) mass is 388 g/mol. The molecule has 3 heterocycles. The number of nitrogens with one attached hydrogen (secondary N) is 1. The summed E-state index contributed by atoms with van der Waals surface area (Å²) in [5.74, 6) is -0.0616. The van der Waals surface area contributed by atoms with Crippen LogP contribution >= 0.6 is 11.6 Å². The highest BCUT2D eigenvalue weighted by molar-refractivity contribution is 6.30. The summed E-state index contributed by atoms with van der Waals surface area (Å²) in [6, 6.07) is 5.59. The lowest BCUT2D eigenvalue weighted by Gasteiger charge is -2.37. The van der Waals surface area contributed by atoms with E-state index in [-0.39, 0.29) is 5.91 Å². The Morgan fingerprint density at radius 1 is 1.19 bits per heavy atom. The zero-order chi connectivity index (χ0) is 18.9. The summed E-state index contributed by atoms with van der Waals surface area (Å²) in [5.41, 5.74) is 2.22. The maximum absolute atomic E-state index is 12.7. The van der Waals surface area contributed by atoms with Crippen LogP contribution in [0, 0.1) is 6.92 Å². The van der Waals surface area contributed by atoms with Gasteiger partial charge < -0.3 is 19.7 Å². The lowest BCUT2D eigenvalue weighted by molar-refractivity contribution is -0.181. The quantitative estimate of drug-likeness (QED) is 0.870. The van der Waals surface area contributed by atoms with E-state index in [1.54, 1.807) is 11.1 Å². The first-order valence-corrected chi connectivity index (χ1v) is 9.35. The van der Waals surface area contributed by atoms with Gasteiger partial charge in [0.15, 0.2) is 5.79 Å². The summed E-state index contributed by atoms with van der Waals surface area (Å²) in [6.07, 6.45) is 4.42. The largest absolute Gasteiger partial charge is 0.347 e. The number of benzene rings is 1. The van der Waals surface area contributed by atoms with E-state index >= 15 is 0 Å². The van der Waals surface area contributed by atoms with Gasteiger partial charge in [0.2, 0.25) is 0 Å². The third-order valence-corrected chi connectivity index (χ3v) is 5.19. The summed E-state index contributed by atoms with van der Waals surface area (Å²) < 4.78 is 11.4. The summed E-state index contributed by atoms with van der Waals surface area (Å²) in [6.45, 7) is 4.40. The van der Waals surface area contributed by atoms with Crippen LogP contribution in [0.2, 0.25) is 5.02 Å². The molecular formula is C19H21ClN4O3. The molecule has 0 radical (unpaired) electrons. The molecular weight excluding hydrogens is 368 g/mol. The van der Waals surface area contributed by atoms with Crippen molar-refractivity contribution in [1.29, 1.82) is 0 Å². The molecule has 2 aliphatic heterocycles. The molecule has 0 atom stereocenters. The molecule has 142 valence electrons. The van der Waals surface area contributed by atoms with Gasteiger partial charge in [0, 0.05) is 36.6 Å². The highest BCUT2D eigenvalue weighted by Gasteiger charge is 2.41. The second-order valence-corrected chi connectivity index (χ2v) is 7.21. The van der Waals surface area contributed by atoms with Crippen LogP contribution in [0.4, 0.5) is 11.5 Å². The molecule has 7 nitrogen and oxygen atoms in total. The van der Waals surface area contributed by atoms with E-state index in [0.717, 1.165) is 11.3 Å². The number of amides is 1. The van der Waals surface area contributed by atoms with Gasteiger partial charge in [-0.15, -0.1) is 0 Å². The number of aromatic nitrogens is 2. The summed E-state index contributed by atoms with van der Waals surface area (Å²) >= 11 is 6.04. The molecule has 1 N–H and O–H groups in total. The zero-order valence-corrected chi connectivity index (χ0v) is 15.8. The van der Waals surface area contributed by atoms with E-state index in [9.17, 15) is 4.79 Å². The molecule has 1 aromatic heterocycles. The van der Waals surface area contributed by atoms with E-state index in [1.165, 1.54) is 6.20 Å². The van der Waals surface area contributed by atoms with Gasteiger partial charge in [-0.05, 0) is 24.6 Å². The van der Waals surface area contributed by atoms with Gasteiger partial charge in [-0.25, -0.2) is 9.97 Å². The number of halogens is 1. The van der Waals surface area contributed by atoms with Crippen LogP contribution in [0.25, 0.3) is 0 Å². The molecule has 1 spiro atoms. The number of carbonyl (C=O) groups excluding carboxylic acids is 1. The summed E-state index contributed by atoms with van der Waals surface area (Å²) in [4.78, 5) is 23.0. The average molecular weight is 389 g/mol. The fourth-order valence-corrected chi connectivity index (χ4v) is 3.54. The van der Waals surface area contributed by atoms with Crippen LogP contribution in [-0.2, 0) is 9.47 Å². The summed E-state index contributed by atoms with van der Waals surface area (Å²) in [7, 11) is 0. The second kappa shape index (κ2) is 7.42. The van der Waals surface area contributed by atoms with Gasteiger partial charge in [0.25, 0.3) is 5.91 Å². The van der Waals surface area contributed by atoms with E-state index in [1.807, 2.05) is 25.1 Å². The van der Waals surface area contributed by atoms with Crippen molar-refractivity contribution >= 4 is 29.0 Å². The third-order valence-electron chi connectivity index (χ3n) is 4.96. The second-order valence-electron chi connectivity index (χ2n) is 6.77. The smallest absolute Gasteiger partial charge is 0.274 e. The zero-order valence-electron chi connectivity index (χ0n) is 15.1. The Bertz CT molecular complexity index is 827. The average Bonchev–Trinajstić information content (AvgIpc) is 3.13. The van der Waals surface area contributed by atoms with Crippen LogP contribution in [-0.4, -0.2) is 52.9 Å². The van der Waals surface area contributed by atoms with Crippen molar-refractivity contribution in [3.05, 3.63) is 46.9 Å². The third kappa shape index (κ3) is 3.90. The minimum Gasteiger partial charge on any atom is -0.347 e. The first kappa shape index (κ1) is 18.2. The predicted octanol–water partition coefficient (Wildman–Crippen LogP) is 3.16. The normalized spacial score (nSPS) is 18.7. The van der Waals surface area contributed by atoms with Gasteiger partial charge in [-0.2, -0.15) is 0 Å². The first-order valence-electron chi connectivity index (χ1n) is 8.97. The topological polar surface area (TPSA) is 76.6 Å². The van der Waals surface area contributed by atoms with Crippen LogP contribution < -0.4 is 5.32 Å². The highest BCUT2D eigenvalue weighted by atomic mass is 35.5. The Balaban J connectivity index is 1.40. The molecule has 1 amide bonds. The minimum absolute atomic E-state index is 0.124. The predicted molar refractivity (Wildman–Crippen MR) is 101 cm³/mol. The van der Waals surface area contributed by atoms with Crippen molar-refractivity contribution in [1.82, 2.24) is 14.9 Å². The van der Waals surface area contributed by atoms with Gasteiger partial charge in [-0.3, -0.25) is 4.79 Å². The van der Waals surface area contributed by atoms with Crippen LogP contribution in [0.1, 0.15) is 28.9 Å². The number of aryl methyl sites for hydroxylation is 1. The summed E-state index contributed by atoms with van der Waals surface area (Å²) in [5, 5.41) is 3.82. The van der Waals surface area contributed by atoms with Crippen LogP contribution in [0.15, 0.2) is 30.6 Å². The number of likely N-dealkylation sites (tertiary alicyclic amines) is 1. The van der Waals surface area contributed by atoms with Crippen LogP contribution in [0.3, 0.4) is 0 Å². The van der Waals surface area contributed by atoms with Crippen molar-refractivity contribution < 1.29 is 14.3 Å². The molecule has 0 bridgehead atoms. The number of carbonyl (C=O) groups is 1. The van der Waals surface area contributed by atoms with E-state index in [0.29, 0.717) is 55.7 Å². The molecule has 2 fully saturated rings. The maximum Gasteiger partial charge on any atom is 0.274 e. The highest BCUT2D eigenvalue weighted by Crippen LogP contribution is 2.31. The van der Waals surface area contributed by atoms with Crippen molar-refractivity contribution in [3.8, 4) is 0 Å². The number of hydrogen-bond acceptors (Lipinski definition) is 6. The molecule has 0 saturated carbocycles. The number of nitrogens with zero attached hydrogens (tertiary/aromatic N) is 3. The molecule has 2 saturated heterocycles. The Morgan fingerprint density at radius 3 is 2.59 bits per heavy atom. The lowest BCUT2D eigenvalue weighted by Crippen LogP contribution is -2.47. The van der Waals surface area contributed by atoms with E-state index in [2.05, 4.69) is 15.3 Å². The molecule has 4 rings (SSSR count). The Kier molecular flexibility index (Phi) is 4.99. The van der Waals surface area contributed by atoms with Crippen molar-refractivity contribution in [2.45, 2.75) is 25.6 Å². The number of ether oxygens (including phenoxy) is 2. The Labute approximate surface area is 162 Å². The van der Waals surface area contributed by atoms with E-state index < -0.39 is 5.79 Å². The van der Waals surface area contributed by atoms with Crippen molar-refractivity contribution in [3.63, 3.8) is 0 Å². The fourth-order valence-electron chi connectivity index (χ4n) is 3.37. The molecule has 2 aliphatic rings. The number of anilines is 2. The Hall–Kier alpha value is -2.22. The maximum atomic E-state index is 12.7. The van der Waals surface area contributed by atoms with Crippen molar-refractivity contribution in [2.75, 3.05) is 31.6 Å². The number of rotatable bonds is 3. The lowest BCUT2D eigenvalue weighted by atomic mass is 10.0. The van der Waals surface area contributed by atoms with Gasteiger partial charge in [-0.1, -0.05) is 17.7 Å². The molecule has 8 heteroatoms. The molecule has 2 aromatic rings. The Morgan fingerprint density at radius 2 is 1.93 bits per heavy atom. The first-order chi connectivity index (χ1) is 13.0. The molecule has 0 aliphatic carbocycles. The van der Waals surface area contributed by atoms with Crippen LogP contribution in [0.5, 0.6) is 0 Å². The van der Waals surface area contributed by atoms with Crippen molar-refractivity contribution in [2.24, 2.45) is 0 Å².